The number of nitrogens with two attached hydrogens (primary N) is 1. The molecule has 3 rings (SSSR count). The standard InChI is InChI=1S/C23H32ClN4O9P/c1-4-5-12-34-20(30)14(2)27-38(33,37-16-8-6-15(24)7-9-16)35-13-17-19(29)23(3,32)21(36-17)28-11-10-18(25)26-22(28)31/h6-11,14,17,19,21,29,32H,4-5,12-13H2,1-3H3,(H,27,33)(H2,25,26,31)/t14-,17+,19+,21+,23+,38?/m0/s1. The van der Waals surface area contributed by atoms with Crippen LogP contribution in [0.25, 0.3) is 0 Å². The molecule has 0 spiro atoms. The predicted molar refractivity (Wildman–Crippen MR) is 138 cm³/mol. The first-order valence-electron chi connectivity index (χ1n) is 11.9. The number of carbonyl (C=O) groups is 1. The van der Waals surface area contributed by atoms with Crippen molar-refractivity contribution in [2.45, 2.75) is 63.7 Å². The summed E-state index contributed by atoms with van der Waals surface area (Å²) < 4.78 is 36.7. The summed E-state index contributed by atoms with van der Waals surface area (Å²) >= 11 is 5.91. The van der Waals surface area contributed by atoms with Gasteiger partial charge in [0.2, 0.25) is 0 Å². The van der Waals surface area contributed by atoms with Crippen molar-refractivity contribution < 1.29 is 38.1 Å². The third kappa shape index (κ3) is 7.32. The summed E-state index contributed by atoms with van der Waals surface area (Å²) in [5, 5.41) is 24.6. The van der Waals surface area contributed by atoms with Crippen molar-refractivity contribution in [1.82, 2.24) is 14.6 Å². The van der Waals surface area contributed by atoms with Gasteiger partial charge in [-0.15, -0.1) is 0 Å². The lowest BCUT2D eigenvalue weighted by molar-refractivity contribution is -0.145. The van der Waals surface area contributed by atoms with Crippen LogP contribution in [0.2, 0.25) is 5.02 Å². The van der Waals surface area contributed by atoms with E-state index in [1.165, 1.54) is 50.4 Å². The topological polar surface area (TPSA) is 184 Å². The number of ether oxygens (including phenoxy) is 2. The van der Waals surface area contributed by atoms with Gasteiger partial charge < -0.3 is 29.9 Å². The Balaban J connectivity index is 1.78. The fourth-order valence-corrected chi connectivity index (χ4v) is 5.24. The van der Waals surface area contributed by atoms with Gasteiger partial charge in [-0.1, -0.05) is 24.9 Å². The van der Waals surface area contributed by atoms with Gasteiger partial charge in [0, 0.05) is 11.2 Å². The smallest absolute Gasteiger partial charge is 0.459 e. The Kier molecular flexibility index (Phi) is 9.93. The highest BCUT2D eigenvalue weighted by molar-refractivity contribution is 7.52. The highest BCUT2D eigenvalue weighted by Crippen LogP contribution is 2.47. The fourth-order valence-electron chi connectivity index (χ4n) is 3.61. The van der Waals surface area contributed by atoms with Crippen LogP contribution in [0.4, 0.5) is 5.82 Å². The second-order valence-corrected chi connectivity index (χ2v) is 11.1. The first-order valence-corrected chi connectivity index (χ1v) is 13.8. The van der Waals surface area contributed by atoms with E-state index in [2.05, 4.69) is 10.1 Å². The Morgan fingerprint density at radius 2 is 2.05 bits per heavy atom. The number of nitrogens with one attached hydrogen (secondary N) is 1. The average Bonchev–Trinajstić information content (AvgIpc) is 3.08. The molecule has 1 aliphatic heterocycles. The van der Waals surface area contributed by atoms with Crippen molar-refractivity contribution in [3.05, 3.63) is 52.0 Å². The van der Waals surface area contributed by atoms with Crippen molar-refractivity contribution in [3.8, 4) is 5.75 Å². The fraction of sp³-hybridized carbons (Fsp3) is 0.522. The van der Waals surface area contributed by atoms with E-state index in [0.717, 1.165) is 11.0 Å². The summed E-state index contributed by atoms with van der Waals surface area (Å²) in [6.07, 6.45) is -1.43. The average molecular weight is 575 g/mol. The molecule has 1 aromatic carbocycles. The van der Waals surface area contributed by atoms with Gasteiger partial charge in [0.25, 0.3) is 0 Å². The van der Waals surface area contributed by atoms with Gasteiger partial charge in [0.1, 0.15) is 35.4 Å². The number of aliphatic hydroxyl groups excluding tert-OH is 1. The Morgan fingerprint density at radius 1 is 1.37 bits per heavy atom. The summed E-state index contributed by atoms with van der Waals surface area (Å²) in [4.78, 5) is 28.3. The molecule has 0 saturated carbocycles. The first-order chi connectivity index (χ1) is 17.9. The number of nitrogens with zero attached hydrogens (tertiary/aromatic N) is 2. The SMILES string of the molecule is CCCCOC(=O)[C@H](C)NP(=O)(OC[C@H]1O[C@@H](n2ccc(N)nc2=O)[C@](C)(O)[C@@H]1O)Oc1ccc(Cl)cc1. The Hall–Kier alpha value is -2.51. The number of rotatable bonds is 12. The first kappa shape index (κ1) is 30.0. The van der Waals surface area contributed by atoms with Gasteiger partial charge in [-0.2, -0.15) is 10.1 Å². The third-order valence-electron chi connectivity index (χ3n) is 5.75. The molecule has 38 heavy (non-hydrogen) atoms. The van der Waals surface area contributed by atoms with E-state index in [0.29, 0.717) is 11.4 Å². The molecule has 0 amide bonds. The van der Waals surface area contributed by atoms with E-state index in [1.54, 1.807) is 0 Å². The van der Waals surface area contributed by atoms with Gasteiger partial charge >= 0.3 is 19.4 Å². The number of esters is 1. The van der Waals surface area contributed by atoms with Gasteiger partial charge in [-0.3, -0.25) is 13.9 Å². The molecule has 5 N–H and O–H groups in total. The molecule has 2 aromatic rings. The zero-order chi connectivity index (χ0) is 28.1. The molecule has 1 unspecified atom stereocenters. The zero-order valence-corrected chi connectivity index (χ0v) is 22.8. The van der Waals surface area contributed by atoms with Gasteiger partial charge in [-0.25, -0.2) is 9.36 Å². The van der Waals surface area contributed by atoms with Gasteiger partial charge in [0.05, 0.1) is 13.2 Å². The maximum Gasteiger partial charge on any atom is 0.459 e. The lowest BCUT2D eigenvalue weighted by Gasteiger charge is -2.27. The normalized spacial score (nSPS) is 25.5. The summed E-state index contributed by atoms with van der Waals surface area (Å²) in [5.74, 6) is -0.579. The minimum atomic E-state index is -4.30. The number of aromatic nitrogens is 2. The second kappa shape index (κ2) is 12.6. The molecular weight excluding hydrogens is 543 g/mol. The van der Waals surface area contributed by atoms with Crippen molar-refractivity contribution in [1.29, 1.82) is 0 Å². The number of hydrogen-bond donors (Lipinski definition) is 4. The number of hydrogen-bond acceptors (Lipinski definition) is 11. The lowest BCUT2D eigenvalue weighted by atomic mass is 9.96. The molecule has 0 bridgehead atoms. The van der Waals surface area contributed by atoms with Crippen LogP contribution in [0.15, 0.2) is 41.3 Å². The quantitative estimate of drug-likeness (QED) is 0.164. The maximum absolute atomic E-state index is 13.7. The van der Waals surface area contributed by atoms with Crippen LogP contribution in [-0.2, 0) is 23.4 Å². The number of halogens is 1. The molecule has 1 aromatic heterocycles. The van der Waals surface area contributed by atoms with Crippen molar-refractivity contribution in [2.75, 3.05) is 18.9 Å². The minimum absolute atomic E-state index is 0.0296. The minimum Gasteiger partial charge on any atom is -0.465 e. The van der Waals surface area contributed by atoms with E-state index < -0.39 is 56.1 Å². The highest BCUT2D eigenvalue weighted by atomic mass is 35.5. The van der Waals surface area contributed by atoms with Gasteiger partial charge in [0.15, 0.2) is 6.23 Å². The summed E-state index contributed by atoms with van der Waals surface area (Å²) in [7, 11) is -4.30. The molecule has 15 heteroatoms. The highest BCUT2D eigenvalue weighted by Gasteiger charge is 2.54. The molecule has 210 valence electrons. The van der Waals surface area contributed by atoms with Crippen molar-refractivity contribution in [2.24, 2.45) is 0 Å². The van der Waals surface area contributed by atoms with E-state index in [4.69, 9.17) is 35.9 Å². The second-order valence-electron chi connectivity index (χ2n) is 8.95. The predicted octanol–water partition coefficient (Wildman–Crippen LogP) is 2.01. The van der Waals surface area contributed by atoms with Crippen molar-refractivity contribution in [3.63, 3.8) is 0 Å². The number of nitrogen functional groups attached to an aromatic ring is 1. The number of aliphatic hydroxyl groups is 2. The Morgan fingerprint density at radius 3 is 2.68 bits per heavy atom. The summed E-state index contributed by atoms with van der Waals surface area (Å²) in [6, 6.07) is 6.16. The number of benzene rings is 1. The largest absolute Gasteiger partial charge is 0.465 e. The molecular formula is C23H32ClN4O9P. The Bertz CT molecular complexity index is 1210. The molecule has 2 heterocycles. The van der Waals surface area contributed by atoms with Crippen LogP contribution >= 0.6 is 19.3 Å². The molecule has 0 aliphatic carbocycles. The molecule has 0 radical (unpaired) electrons. The van der Waals surface area contributed by atoms with E-state index >= 15 is 0 Å². The van der Waals surface area contributed by atoms with Crippen LogP contribution in [0, 0.1) is 0 Å². The van der Waals surface area contributed by atoms with Crippen LogP contribution in [-0.4, -0.2) is 62.8 Å². The monoisotopic (exact) mass is 574 g/mol. The van der Waals surface area contributed by atoms with Gasteiger partial charge in [-0.05, 0) is 50.6 Å². The van der Waals surface area contributed by atoms with E-state index in [9.17, 15) is 24.4 Å². The van der Waals surface area contributed by atoms with Crippen LogP contribution in [0.3, 0.4) is 0 Å². The van der Waals surface area contributed by atoms with Crippen LogP contribution in [0.1, 0.15) is 39.8 Å². The molecule has 13 nitrogen and oxygen atoms in total. The number of anilines is 1. The molecule has 6 atom stereocenters. The number of carbonyl (C=O) groups excluding carboxylic acids is 1. The molecule has 1 saturated heterocycles. The molecule has 1 fully saturated rings. The van der Waals surface area contributed by atoms with Crippen LogP contribution < -0.4 is 21.0 Å². The zero-order valence-electron chi connectivity index (χ0n) is 21.2. The third-order valence-corrected chi connectivity index (χ3v) is 7.65. The van der Waals surface area contributed by atoms with E-state index in [1.807, 2.05) is 6.92 Å². The van der Waals surface area contributed by atoms with E-state index in [-0.39, 0.29) is 18.2 Å². The maximum atomic E-state index is 13.7. The number of unbranched alkanes of at least 4 members (excludes halogenated alkanes) is 1. The van der Waals surface area contributed by atoms with Crippen LogP contribution in [0.5, 0.6) is 5.75 Å². The summed E-state index contributed by atoms with van der Waals surface area (Å²) in [6.45, 7) is 4.28. The lowest BCUT2D eigenvalue weighted by Crippen LogP contribution is -2.46. The Labute approximate surface area is 224 Å². The summed E-state index contributed by atoms with van der Waals surface area (Å²) in [5.41, 5.74) is 2.76. The molecule has 1 aliphatic rings. The van der Waals surface area contributed by atoms with Crippen molar-refractivity contribution >= 4 is 31.1 Å².